The number of hydrogen-bond acceptors (Lipinski definition) is 5. The van der Waals surface area contributed by atoms with E-state index in [2.05, 4.69) is 30.8 Å². The Labute approximate surface area is 85.7 Å². The molecular formula is C9H21N5. The van der Waals surface area contributed by atoms with E-state index in [0.29, 0.717) is 0 Å². The van der Waals surface area contributed by atoms with E-state index in [4.69, 9.17) is 5.84 Å². The summed E-state index contributed by atoms with van der Waals surface area (Å²) in [4.78, 5) is 0. The summed E-state index contributed by atoms with van der Waals surface area (Å²) < 4.78 is 0. The molecule has 0 radical (unpaired) electrons. The monoisotopic (exact) mass is 199 g/mol. The van der Waals surface area contributed by atoms with E-state index in [9.17, 15) is 0 Å². The van der Waals surface area contributed by atoms with Gasteiger partial charge in [-0.15, -0.1) is 0 Å². The molecule has 0 fully saturated rings. The number of hydrogen-bond donors (Lipinski definition) is 3. The second-order valence-corrected chi connectivity index (χ2v) is 3.25. The minimum absolute atomic E-state index is 0.108. The number of allylic oxidation sites excluding steroid dienone is 2. The highest BCUT2D eigenvalue weighted by Gasteiger charge is 2.30. The van der Waals surface area contributed by atoms with Crippen LogP contribution in [0.1, 0.15) is 13.3 Å². The third kappa shape index (κ3) is 2.63. The van der Waals surface area contributed by atoms with E-state index in [-0.39, 0.29) is 5.54 Å². The summed E-state index contributed by atoms with van der Waals surface area (Å²) in [6.45, 7) is 2.13. The van der Waals surface area contributed by atoms with E-state index in [1.807, 2.05) is 31.3 Å². The molecule has 0 saturated carbocycles. The smallest absolute Gasteiger partial charge is 0.0872 e. The number of nitrogens with zero attached hydrogens (tertiary/aromatic N) is 2. The Morgan fingerprint density at radius 2 is 1.57 bits per heavy atom. The first-order chi connectivity index (χ1) is 6.62. The van der Waals surface area contributed by atoms with Crippen LogP contribution in [0.15, 0.2) is 24.3 Å². The van der Waals surface area contributed by atoms with E-state index in [1.165, 1.54) is 0 Å². The fraction of sp³-hybridized carbons (Fsp3) is 0.556. The van der Waals surface area contributed by atoms with Crippen molar-refractivity contribution in [3.63, 3.8) is 0 Å². The number of rotatable bonds is 3. The molecule has 0 unspecified atom stereocenters. The van der Waals surface area contributed by atoms with Gasteiger partial charge in [0.05, 0.1) is 5.54 Å². The fourth-order valence-electron chi connectivity index (χ4n) is 1.42. The van der Waals surface area contributed by atoms with Gasteiger partial charge in [0.15, 0.2) is 0 Å². The first kappa shape index (κ1) is 13.3. The fourth-order valence-corrected chi connectivity index (χ4v) is 1.42. The second kappa shape index (κ2) is 5.90. The third-order valence-electron chi connectivity index (χ3n) is 2.30. The van der Waals surface area contributed by atoms with Crippen molar-refractivity contribution in [2.45, 2.75) is 18.9 Å². The SMILES string of the molecule is CCC1(N(N)N(C)C)C=CC=C1.NN. The molecule has 1 aliphatic rings. The minimum Gasteiger partial charge on any atom is -0.274 e. The highest BCUT2D eigenvalue weighted by Crippen LogP contribution is 2.25. The van der Waals surface area contributed by atoms with Gasteiger partial charge in [0, 0.05) is 14.1 Å². The van der Waals surface area contributed by atoms with Crippen LogP contribution < -0.4 is 17.5 Å². The van der Waals surface area contributed by atoms with Crippen molar-refractivity contribution >= 4 is 0 Å². The van der Waals surface area contributed by atoms with Gasteiger partial charge in [-0.3, -0.25) is 17.5 Å². The van der Waals surface area contributed by atoms with E-state index in [1.54, 1.807) is 5.12 Å². The Bertz CT molecular complexity index is 197. The Morgan fingerprint density at radius 1 is 1.14 bits per heavy atom. The molecule has 0 aliphatic heterocycles. The molecule has 0 aromatic rings. The maximum atomic E-state index is 5.92. The van der Waals surface area contributed by atoms with Crippen molar-refractivity contribution in [3.8, 4) is 0 Å². The molecule has 0 bridgehead atoms. The quantitative estimate of drug-likeness (QED) is 0.430. The summed E-state index contributed by atoms with van der Waals surface area (Å²) >= 11 is 0. The summed E-state index contributed by atoms with van der Waals surface area (Å²) in [6, 6.07) is 0. The second-order valence-electron chi connectivity index (χ2n) is 3.25. The van der Waals surface area contributed by atoms with Crippen LogP contribution in [0.25, 0.3) is 0 Å². The average molecular weight is 199 g/mol. The van der Waals surface area contributed by atoms with Gasteiger partial charge in [-0.1, -0.05) is 31.2 Å². The van der Waals surface area contributed by atoms with E-state index in [0.717, 1.165) is 6.42 Å². The standard InChI is InChI=1S/C9H17N3.H4N2/c1-4-9(7-5-6-8-9)12(10)11(2)3;1-2/h5-8H,4,10H2,1-3H3;1-2H2. The van der Waals surface area contributed by atoms with Crippen LogP contribution >= 0.6 is 0 Å². The van der Waals surface area contributed by atoms with Crippen molar-refractivity contribution in [3.05, 3.63) is 24.3 Å². The predicted octanol–water partition coefficient (Wildman–Crippen LogP) is -0.268. The van der Waals surface area contributed by atoms with Crippen molar-refractivity contribution in [2.75, 3.05) is 14.1 Å². The minimum atomic E-state index is -0.108. The normalized spacial score (nSPS) is 17.4. The lowest BCUT2D eigenvalue weighted by atomic mass is 9.99. The van der Waals surface area contributed by atoms with E-state index >= 15 is 0 Å². The highest BCUT2D eigenvalue weighted by molar-refractivity contribution is 5.29. The molecule has 0 saturated heterocycles. The van der Waals surface area contributed by atoms with Crippen molar-refractivity contribution in [2.24, 2.45) is 17.5 Å². The molecule has 1 aliphatic carbocycles. The van der Waals surface area contributed by atoms with Gasteiger partial charge in [-0.25, -0.2) is 5.01 Å². The van der Waals surface area contributed by atoms with Crippen LogP contribution in [0.2, 0.25) is 0 Å². The third-order valence-corrected chi connectivity index (χ3v) is 2.30. The van der Waals surface area contributed by atoms with Gasteiger partial charge in [-0.2, -0.15) is 5.12 Å². The molecule has 0 heterocycles. The summed E-state index contributed by atoms with van der Waals surface area (Å²) in [5.74, 6) is 13.9. The molecule has 0 aromatic carbocycles. The van der Waals surface area contributed by atoms with Crippen LogP contribution in [0.4, 0.5) is 0 Å². The van der Waals surface area contributed by atoms with Gasteiger partial charge in [0.25, 0.3) is 0 Å². The van der Waals surface area contributed by atoms with Gasteiger partial charge in [0.2, 0.25) is 0 Å². The highest BCUT2D eigenvalue weighted by atomic mass is 15.8. The van der Waals surface area contributed by atoms with Gasteiger partial charge < -0.3 is 0 Å². The van der Waals surface area contributed by atoms with Crippen molar-refractivity contribution < 1.29 is 0 Å². The van der Waals surface area contributed by atoms with Crippen LogP contribution in [0, 0.1) is 0 Å². The zero-order chi connectivity index (χ0) is 11.2. The molecule has 6 N–H and O–H groups in total. The molecule has 0 atom stereocenters. The van der Waals surface area contributed by atoms with E-state index < -0.39 is 0 Å². The predicted molar refractivity (Wildman–Crippen MR) is 59.4 cm³/mol. The molecule has 82 valence electrons. The topological polar surface area (TPSA) is 84.5 Å². The lowest BCUT2D eigenvalue weighted by molar-refractivity contribution is -0.0369. The zero-order valence-corrected chi connectivity index (χ0v) is 9.14. The van der Waals surface area contributed by atoms with Crippen molar-refractivity contribution in [1.29, 1.82) is 0 Å². The average Bonchev–Trinajstić information content (AvgIpc) is 2.69. The largest absolute Gasteiger partial charge is 0.274 e. The van der Waals surface area contributed by atoms with Crippen molar-refractivity contribution in [1.82, 2.24) is 10.1 Å². The van der Waals surface area contributed by atoms with Crippen LogP contribution in [-0.2, 0) is 0 Å². The summed E-state index contributed by atoms with van der Waals surface area (Å²) in [5.41, 5.74) is -0.108. The van der Waals surface area contributed by atoms with Crippen LogP contribution in [0.5, 0.6) is 0 Å². The van der Waals surface area contributed by atoms with Crippen LogP contribution in [-0.4, -0.2) is 29.8 Å². The molecular weight excluding hydrogens is 178 g/mol. The molecule has 1 rings (SSSR count). The molecule has 0 aromatic heterocycles. The summed E-state index contributed by atoms with van der Waals surface area (Å²) in [7, 11) is 3.88. The zero-order valence-electron chi connectivity index (χ0n) is 9.14. The first-order valence-electron chi connectivity index (χ1n) is 4.55. The summed E-state index contributed by atoms with van der Waals surface area (Å²) in [6.07, 6.45) is 9.29. The Hall–Kier alpha value is -0.720. The lowest BCUT2D eigenvalue weighted by Crippen LogP contribution is -2.56. The molecule has 0 amide bonds. The summed E-state index contributed by atoms with van der Waals surface area (Å²) in [5, 5.41) is 3.64. The lowest BCUT2D eigenvalue weighted by Gasteiger charge is -2.38. The van der Waals surface area contributed by atoms with Gasteiger partial charge >= 0.3 is 0 Å². The molecule has 14 heavy (non-hydrogen) atoms. The molecule has 5 heteroatoms. The van der Waals surface area contributed by atoms with Gasteiger partial charge in [0.1, 0.15) is 0 Å². The maximum absolute atomic E-state index is 5.92. The maximum Gasteiger partial charge on any atom is 0.0872 e. The van der Waals surface area contributed by atoms with Crippen LogP contribution in [0.3, 0.4) is 0 Å². The number of nitrogens with two attached hydrogens (primary N) is 3. The first-order valence-corrected chi connectivity index (χ1v) is 4.55. The Morgan fingerprint density at radius 3 is 1.86 bits per heavy atom. The Kier molecular flexibility index (Phi) is 5.59. The molecule has 5 nitrogen and oxygen atoms in total. The Balaban J connectivity index is 0.000000791. The van der Waals surface area contributed by atoms with Gasteiger partial charge in [-0.05, 0) is 6.42 Å². The molecule has 0 spiro atoms. The number of hydrazine groups is 3.